The van der Waals surface area contributed by atoms with Gasteiger partial charge in [0.25, 0.3) is 0 Å². The molecule has 3 N–H and O–H groups in total. The van der Waals surface area contributed by atoms with E-state index in [0.717, 1.165) is 11.6 Å². The van der Waals surface area contributed by atoms with Crippen LogP contribution in [0.15, 0.2) is 61.4 Å². The third-order valence-corrected chi connectivity index (χ3v) is 5.56. The number of ether oxygens (including phenoxy) is 1. The SMILES string of the molecule is O=C(Cc1ccc(OCCCc2ncn(CC(O)(Cn3cncn3)c3ccc(F)cc3F)n2)cc1)NO. The molecule has 0 bridgehead atoms. The number of carbonyl (C=O) groups is 1. The van der Waals surface area contributed by atoms with Gasteiger partial charge < -0.3 is 9.84 Å². The second kappa shape index (κ2) is 11.7. The van der Waals surface area contributed by atoms with E-state index < -0.39 is 23.1 Å². The molecule has 0 spiro atoms. The Hall–Kier alpha value is -4.23. The van der Waals surface area contributed by atoms with Gasteiger partial charge in [0, 0.05) is 18.1 Å². The lowest BCUT2D eigenvalue weighted by molar-refractivity contribution is -0.128. The van der Waals surface area contributed by atoms with Crippen LogP contribution in [0.3, 0.4) is 0 Å². The molecule has 0 fully saturated rings. The second-order valence-electron chi connectivity index (χ2n) is 8.41. The number of halogens is 2. The smallest absolute Gasteiger partial charge is 0.247 e. The minimum atomic E-state index is -1.80. The highest BCUT2D eigenvalue weighted by Gasteiger charge is 2.34. The summed E-state index contributed by atoms with van der Waals surface area (Å²) in [5, 5.41) is 28.4. The summed E-state index contributed by atoms with van der Waals surface area (Å²) in [4.78, 5) is 19.3. The first-order valence-electron chi connectivity index (χ1n) is 11.4. The van der Waals surface area contributed by atoms with Crippen LogP contribution in [0, 0.1) is 11.6 Å². The molecular formula is C24H25F2N7O4. The van der Waals surface area contributed by atoms with Gasteiger partial charge in [0.1, 0.15) is 42.0 Å². The van der Waals surface area contributed by atoms with E-state index in [1.54, 1.807) is 29.7 Å². The number of benzene rings is 2. The summed E-state index contributed by atoms with van der Waals surface area (Å²) in [6.45, 7) is 0.101. The van der Waals surface area contributed by atoms with Crippen molar-refractivity contribution in [2.75, 3.05) is 6.61 Å². The lowest BCUT2D eigenvalue weighted by Gasteiger charge is -2.28. The number of nitrogens with zero attached hydrogens (tertiary/aromatic N) is 6. The van der Waals surface area contributed by atoms with E-state index in [-0.39, 0.29) is 25.1 Å². The molecule has 2 heterocycles. The summed E-state index contributed by atoms with van der Waals surface area (Å²) in [5.74, 6) is -0.993. The number of nitrogens with one attached hydrogen (secondary N) is 1. The van der Waals surface area contributed by atoms with E-state index in [0.29, 0.717) is 37.1 Å². The highest BCUT2D eigenvalue weighted by molar-refractivity contribution is 5.77. The van der Waals surface area contributed by atoms with Gasteiger partial charge in [0.15, 0.2) is 5.82 Å². The van der Waals surface area contributed by atoms with Crippen molar-refractivity contribution in [3.05, 3.63) is 90.0 Å². The zero-order chi connectivity index (χ0) is 26.3. The highest BCUT2D eigenvalue weighted by atomic mass is 19.1. The van der Waals surface area contributed by atoms with E-state index in [2.05, 4.69) is 20.2 Å². The predicted octanol–water partition coefficient (Wildman–Crippen LogP) is 1.80. The molecule has 194 valence electrons. The van der Waals surface area contributed by atoms with Gasteiger partial charge in [-0.2, -0.15) is 10.2 Å². The number of carbonyl (C=O) groups excluding carboxylic acids is 1. The fraction of sp³-hybridized carbons (Fsp3) is 0.292. The van der Waals surface area contributed by atoms with Gasteiger partial charge in [-0.1, -0.05) is 18.2 Å². The molecular weight excluding hydrogens is 488 g/mol. The maximum atomic E-state index is 14.6. The molecule has 0 radical (unpaired) electrons. The van der Waals surface area contributed by atoms with Crippen LogP contribution in [0.4, 0.5) is 8.78 Å². The number of aryl methyl sites for hydroxylation is 1. The molecule has 2 aromatic carbocycles. The molecule has 0 aliphatic carbocycles. The number of hydrogen-bond acceptors (Lipinski definition) is 8. The highest BCUT2D eigenvalue weighted by Crippen LogP contribution is 2.28. The van der Waals surface area contributed by atoms with Crippen molar-refractivity contribution in [2.24, 2.45) is 0 Å². The maximum Gasteiger partial charge on any atom is 0.247 e. The van der Waals surface area contributed by atoms with Crippen molar-refractivity contribution >= 4 is 5.91 Å². The Morgan fingerprint density at radius 3 is 2.57 bits per heavy atom. The molecule has 1 atom stereocenters. The van der Waals surface area contributed by atoms with E-state index >= 15 is 0 Å². The van der Waals surface area contributed by atoms with Crippen molar-refractivity contribution in [1.82, 2.24) is 35.0 Å². The van der Waals surface area contributed by atoms with Crippen LogP contribution >= 0.6 is 0 Å². The molecule has 0 aliphatic heterocycles. The lowest BCUT2D eigenvalue weighted by Crippen LogP contribution is -2.37. The Kier molecular flexibility index (Phi) is 8.15. The molecule has 0 saturated heterocycles. The Bertz CT molecular complexity index is 1320. The van der Waals surface area contributed by atoms with Crippen molar-refractivity contribution in [3.63, 3.8) is 0 Å². The summed E-state index contributed by atoms with van der Waals surface area (Å²) in [5.41, 5.74) is 0.421. The first kappa shape index (κ1) is 25.9. The molecule has 37 heavy (non-hydrogen) atoms. The molecule has 4 rings (SSSR count). The number of hydroxylamine groups is 1. The third-order valence-electron chi connectivity index (χ3n) is 5.56. The van der Waals surface area contributed by atoms with Crippen LogP contribution in [0.1, 0.15) is 23.4 Å². The van der Waals surface area contributed by atoms with E-state index in [1.165, 1.54) is 34.4 Å². The zero-order valence-corrected chi connectivity index (χ0v) is 19.7. The van der Waals surface area contributed by atoms with Crippen molar-refractivity contribution in [1.29, 1.82) is 0 Å². The van der Waals surface area contributed by atoms with Gasteiger partial charge in [0.05, 0.1) is 26.1 Å². The topological polar surface area (TPSA) is 140 Å². The van der Waals surface area contributed by atoms with Crippen molar-refractivity contribution < 1.29 is 28.6 Å². The van der Waals surface area contributed by atoms with Gasteiger partial charge in [0.2, 0.25) is 5.91 Å². The van der Waals surface area contributed by atoms with Gasteiger partial charge >= 0.3 is 0 Å². The molecule has 0 saturated carbocycles. The summed E-state index contributed by atoms with van der Waals surface area (Å²) in [6, 6.07) is 9.93. The average Bonchev–Trinajstić information content (AvgIpc) is 3.54. The van der Waals surface area contributed by atoms with Crippen LogP contribution in [-0.4, -0.2) is 52.4 Å². The van der Waals surface area contributed by atoms with Gasteiger partial charge in [-0.15, -0.1) is 0 Å². The Balaban J connectivity index is 1.34. The van der Waals surface area contributed by atoms with Crippen LogP contribution in [-0.2, 0) is 36.3 Å². The monoisotopic (exact) mass is 513 g/mol. The molecule has 13 heteroatoms. The number of aliphatic hydroxyl groups is 1. The fourth-order valence-corrected chi connectivity index (χ4v) is 3.81. The van der Waals surface area contributed by atoms with Crippen molar-refractivity contribution in [3.8, 4) is 5.75 Å². The van der Waals surface area contributed by atoms with Crippen LogP contribution < -0.4 is 10.2 Å². The van der Waals surface area contributed by atoms with E-state index in [4.69, 9.17) is 9.94 Å². The zero-order valence-electron chi connectivity index (χ0n) is 19.7. The normalized spacial score (nSPS) is 12.8. The number of aromatic nitrogens is 6. The fourth-order valence-electron chi connectivity index (χ4n) is 3.81. The molecule has 11 nitrogen and oxygen atoms in total. The van der Waals surface area contributed by atoms with Gasteiger partial charge in [-0.05, 0) is 30.2 Å². The first-order valence-corrected chi connectivity index (χ1v) is 11.4. The van der Waals surface area contributed by atoms with E-state index in [9.17, 15) is 18.7 Å². The first-order chi connectivity index (χ1) is 17.8. The minimum Gasteiger partial charge on any atom is -0.494 e. The van der Waals surface area contributed by atoms with Gasteiger partial charge in [-0.25, -0.2) is 33.6 Å². The summed E-state index contributed by atoms with van der Waals surface area (Å²) in [6.07, 6.45) is 5.28. The largest absolute Gasteiger partial charge is 0.494 e. The Morgan fingerprint density at radius 2 is 1.86 bits per heavy atom. The summed E-state index contributed by atoms with van der Waals surface area (Å²) >= 11 is 0. The average molecular weight is 514 g/mol. The van der Waals surface area contributed by atoms with Gasteiger partial charge in [-0.3, -0.25) is 10.0 Å². The molecule has 1 amide bonds. The number of amides is 1. The number of hydrogen-bond donors (Lipinski definition) is 3. The molecule has 0 aliphatic rings. The molecule has 1 unspecified atom stereocenters. The van der Waals surface area contributed by atoms with Crippen LogP contribution in [0.5, 0.6) is 5.75 Å². The number of rotatable bonds is 12. The molecule has 4 aromatic rings. The Morgan fingerprint density at radius 1 is 1.08 bits per heavy atom. The lowest BCUT2D eigenvalue weighted by atomic mass is 9.93. The van der Waals surface area contributed by atoms with Crippen LogP contribution in [0.25, 0.3) is 0 Å². The van der Waals surface area contributed by atoms with Crippen molar-refractivity contribution in [2.45, 2.75) is 38.0 Å². The summed E-state index contributed by atoms with van der Waals surface area (Å²) in [7, 11) is 0. The minimum absolute atomic E-state index is 0.0624. The standard InChI is InChI=1S/C24H25F2N7O4/c25-18-5-8-20(21(26)11-18)24(35,12-32-15-27-14-29-32)13-33-16-28-22(30-33)2-1-9-37-19-6-3-17(4-7-19)10-23(34)31-36/h3-8,11,14-16,35-36H,1-2,9-10,12-13H2,(H,31,34). The third kappa shape index (κ3) is 6.92. The van der Waals surface area contributed by atoms with E-state index in [1.807, 2.05) is 0 Å². The quantitative estimate of drug-likeness (QED) is 0.148. The Labute approximate surface area is 210 Å². The predicted molar refractivity (Wildman–Crippen MR) is 124 cm³/mol. The molecule has 2 aromatic heterocycles. The maximum absolute atomic E-state index is 14.6. The van der Waals surface area contributed by atoms with Crippen LogP contribution in [0.2, 0.25) is 0 Å². The summed E-state index contributed by atoms with van der Waals surface area (Å²) < 4.78 is 36.5. The second-order valence-corrected chi connectivity index (χ2v) is 8.41.